The number of pyridine rings is 1. The van der Waals surface area contributed by atoms with Crippen molar-refractivity contribution in [1.29, 1.82) is 0 Å². The van der Waals surface area contributed by atoms with Crippen molar-refractivity contribution in [3.05, 3.63) is 77.5 Å². The van der Waals surface area contributed by atoms with Crippen molar-refractivity contribution in [2.75, 3.05) is 42.9 Å². The van der Waals surface area contributed by atoms with E-state index < -0.39 is 24.3 Å². The summed E-state index contributed by atoms with van der Waals surface area (Å²) in [6.45, 7) is 2.41. The number of anilines is 2. The molecule has 0 bridgehead atoms. The van der Waals surface area contributed by atoms with E-state index in [9.17, 15) is 18.0 Å². The number of nitrogens with one attached hydrogen (secondary N) is 1. The number of benzene rings is 2. The van der Waals surface area contributed by atoms with Crippen LogP contribution in [0.25, 0.3) is 22.0 Å². The quantitative estimate of drug-likeness (QED) is 0.309. The molecular weight excluding hydrogens is 533 g/mol. The maximum Gasteiger partial charge on any atom is 0.317 e. The molecule has 39 heavy (non-hydrogen) atoms. The molecule has 2 N–H and O–H groups in total. The summed E-state index contributed by atoms with van der Waals surface area (Å²) in [6, 6.07) is 9.07. The van der Waals surface area contributed by atoms with E-state index in [2.05, 4.69) is 20.3 Å². The summed E-state index contributed by atoms with van der Waals surface area (Å²) in [5.41, 5.74) is 1.97. The molecule has 2 aromatic heterocycles. The lowest BCUT2D eigenvalue weighted by Gasteiger charge is -2.33. The first-order chi connectivity index (χ1) is 18.8. The van der Waals surface area contributed by atoms with E-state index in [1.165, 1.54) is 24.4 Å². The van der Waals surface area contributed by atoms with Crippen LogP contribution in [0.4, 0.5) is 24.8 Å². The Morgan fingerprint density at radius 1 is 1.00 bits per heavy atom. The van der Waals surface area contributed by atoms with Crippen LogP contribution < -0.4 is 10.2 Å². The van der Waals surface area contributed by atoms with Crippen LogP contribution in [0.3, 0.4) is 0 Å². The summed E-state index contributed by atoms with van der Waals surface area (Å²) < 4.78 is 42.5. The van der Waals surface area contributed by atoms with E-state index in [0.717, 1.165) is 6.07 Å². The molecule has 0 unspecified atom stereocenters. The Labute approximate surface area is 227 Å². The summed E-state index contributed by atoms with van der Waals surface area (Å²) >= 11 is 6.39. The fourth-order valence-electron chi connectivity index (χ4n) is 4.58. The van der Waals surface area contributed by atoms with Gasteiger partial charge in [-0.15, -0.1) is 0 Å². The van der Waals surface area contributed by atoms with Crippen LogP contribution in [-0.2, 0) is 4.79 Å². The molecule has 202 valence electrons. The van der Waals surface area contributed by atoms with E-state index in [-0.39, 0.29) is 22.8 Å². The number of carbonyl (C=O) groups is 1. The lowest BCUT2D eigenvalue weighted by Crippen LogP contribution is -2.48. The number of hydrogen-bond donors (Lipinski definition) is 2. The number of hydrogen-bond acceptors (Lipinski definition) is 7. The first-order valence-electron chi connectivity index (χ1n) is 12.2. The van der Waals surface area contributed by atoms with Gasteiger partial charge in [-0.1, -0.05) is 35.9 Å². The highest BCUT2D eigenvalue weighted by Gasteiger charge is 2.27. The Bertz CT molecular complexity index is 1480. The molecule has 0 aliphatic carbocycles. The minimum atomic E-state index is -2.91. The molecule has 0 spiro atoms. The van der Waals surface area contributed by atoms with Gasteiger partial charge >= 0.3 is 5.97 Å². The van der Waals surface area contributed by atoms with Gasteiger partial charge in [0.25, 0.3) is 6.43 Å². The number of nitrogens with zero attached hydrogens (tertiary/aromatic N) is 5. The smallest absolute Gasteiger partial charge is 0.317 e. The van der Waals surface area contributed by atoms with E-state index in [4.69, 9.17) is 16.7 Å². The molecule has 1 fully saturated rings. The van der Waals surface area contributed by atoms with Crippen molar-refractivity contribution >= 4 is 40.1 Å². The SMILES string of the molecule is O=C(O)CN1CCN(c2ncc(-c3ccc4ncc(Cl)c(N[C@@H](c5ccccc5F)C(F)F)c4c3)cn2)CC1. The maximum atomic E-state index is 14.4. The fraction of sp³-hybridized carbons (Fsp3) is 0.259. The summed E-state index contributed by atoms with van der Waals surface area (Å²) in [7, 11) is 0. The van der Waals surface area contributed by atoms with Crippen LogP contribution in [0.2, 0.25) is 5.02 Å². The molecule has 0 radical (unpaired) electrons. The average molecular weight is 557 g/mol. The summed E-state index contributed by atoms with van der Waals surface area (Å²) in [6.07, 6.45) is 1.79. The second kappa shape index (κ2) is 11.4. The van der Waals surface area contributed by atoms with E-state index in [1.54, 1.807) is 24.5 Å². The third-order valence-electron chi connectivity index (χ3n) is 6.60. The Balaban J connectivity index is 1.41. The first kappa shape index (κ1) is 26.6. The van der Waals surface area contributed by atoms with Crippen LogP contribution in [0.1, 0.15) is 11.6 Å². The van der Waals surface area contributed by atoms with Crippen LogP contribution in [0.5, 0.6) is 0 Å². The third-order valence-corrected chi connectivity index (χ3v) is 6.89. The second-order valence-electron chi connectivity index (χ2n) is 9.12. The zero-order valence-electron chi connectivity index (χ0n) is 20.6. The van der Waals surface area contributed by atoms with Crippen molar-refractivity contribution in [2.45, 2.75) is 12.5 Å². The molecule has 2 aromatic carbocycles. The number of carboxylic acids is 1. The number of fused-ring (bicyclic) bond motifs is 1. The summed E-state index contributed by atoms with van der Waals surface area (Å²) in [5, 5.41) is 12.3. The fourth-order valence-corrected chi connectivity index (χ4v) is 4.79. The minimum Gasteiger partial charge on any atom is -0.480 e. The normalized spacial score (nSPS) is 15.1. The van der Waals surface area contributed by atoms with Gasteiger partial charge in [-0.2, -0.15) is 0 Å². The van der Waals surface area contributed by atoms with Gasteiger partial charge in [0.05, 0.1) is 22.8 Å². The number of carboxylic acid groups (broad SMARTS) is 1. The van der Waals surface area contributed by atoms with Gasteiger partial charge < -0.3 is 15.3 Å². The van der Waals surface area contributed by atoms with Crippen molar-refractivity contribution in [2.24, 2.45) is 0 Å². The molecule has 4 aromatic rings. The molecule has 1 aliphatic rings. The van der Waals surface area contributed by atoms with E-state index in [0.29, 0.717) is 54.2 Å². The zero-order chi connectivity index (χ0) is 27.5. The zero-order valence-corrected chi connectivity index (χ0v) is 21.3. The van der Waals surface area contributed by atoms with Crippen LogP contribution in [-0.4, -0.2) is 70.1 Å². The van der Waals surface area contributed by atoms with Gasteiger partial charge in [-0.05, 0) is 23.8 Å². The predicted molar refractivity (Wildman–Crippen MR) is 143 cm³/mol. The molecule has 0 saturated carbocycles. The Morgan fingerprint density at radius 3 is 2.38 bits per heavy atom. The van der Waals surface area contributed by atoms with Gasteiger partial charge in [0.15, 0.2) is 0 Å². The van der Waals surface area contributed by atoms with Crippen molar-refractivity contribution in [3.63, 3.8) is 0 Å². The topological polar surface area (TPSA) is 94.5 Å². The van der Waals surface area contributed by atoms with Crippen molar-refractivity contribution in [3.8, 4) is 11.1 Å². The highest BCUT2D eigenvalue weighted by atomic mass is 35.5. The Hall–Kier alpha value is -3.96. The van der Waals surface area contributed by atoms with Crippen molar-refractivity contribution in [1.82, 2.24) is 19.9 Å². The number of alkyl halides is 2. The molecular formula is C27H24ClF3N6O2. The highest BCUT2D eigenvalue weighted by molar-refractivity contribution is 6.34. The molecule has 0 amide bonds. The standard InChI is InChI=1S/C27H24ClF3N6O2/c28-20-14-32-22-6-5-16(11-19(22)24(20)35-25(26(30)31)18-3-1-2-4-21(18)29)17-12-33-27(34-13-17)37-9-7-36(8-10-37)15-23(38)39/h1-6,11-14,25-26H,7-10,15H2,(H,32,35)(H,38,39)/t25-/m0/s1. The third kappa shape index (κ3) is 5.89. The Morgan fingerprint density at radius 2 is 1.72 bits per heavy atom. The second-order valence-corrected chi connectivity index (χ2v) is 9.53. The number of aliphatic carboxylic acids is 1. The lowest BCUT2D eigenvalue weighted by molar-refractivity contribution is -0.138. The van der Waals surface area contributed by atoms with Crippen LogP contribution in [0, 0.1) is 5.82 Å². The highest BCUT2D eigenvalue weighted by Crippen LogP contribution is 2.37. The molecule has 1 aliphatic heterocycles. The molecule has 1 saturated heterocycles. The van der Waals surface area contributed by atoms with Gasteiger partial charge in [-0.25, -0.2) is 23.1 Å². The van der Waals surface area contributed by atoms with Gasteiger partial charge in [-0.3, -0.25) is 14.7 Å². The van der Waals surface area contributed by atoms with Gasteiger partial charge in [0.2, 0.25) is 5.95 Å². The molecule has 5 rings (SSSR count). The van der Waals surface area contributed by atoms with Crippen LogP contribution in [0.15, 0.2) is 61.1 Å². The average Bonchev–Trinajstić information content (AvgIpc) is 2.93. The van der Waals surface area contributed by atoms with E-state index >= 15 is 0 Å². The van der Waals surface area contributed by atoms with Gasteiger partial charge in [0, 0.05) is 61.3 Å². The van der Waals surface area contributed by atoms with Crippen LogP contribution >= 0.6 is 11.6 Å². The van der Waals surface area contributed by atoms with E-state index in [1.807, 2.05) is 15.9 Å². The summed E-state index contributed by atoms with van der Waals surface area (Å²) in [5.74, 6) is -1.07. The summed E-state index contributed by atoms with van der Waals surface area (Å²) in [4.78, 5) is 28.1. The number of rotatable bonds is 8. The maximum absolute atomic E-state index is 14.4. The minimum absolute atomic E-state index is 0.00364. The Kier molecular flexibility index (Phi) is 7.80. The largest absolute Gasteiger partial charge is 0.480 e. The molecule has 3 heterocycles. The number of piperazine rings is 1. The first-order valence-corrected chi connectivity index (χ1v) is 12.6. The lowest BCUT2D eigenvalue weighted by atomic mass is 10.0. The predicted octanol–water partition coefficient (Wildman–Crippen LogP) is 5.11. The monoisotopic (exact) mass is 556 g/mol. The van der Waals surface area contributed by atoms with Gasteiger partial charge in [0.1, 0.15) is 11.9 Å². The number of aromatic nitrogens is 3. The molecule has 12 heteroatoms. The van der Waals surface area contributed by atoms with Crippen molar-refractivity contribution < 1.29 is 23.1 Å². The molecule has 1 atom stereocenters. The molecule has 8 nitrogen and oxygen atoms in total. The number of halogens is 4.